The molecule has 1 rings (SSSR count). The molecule has 0 aromatic heterocycles. The molecule has 1 aliphatic heterocycles. The highest BCUT2D eigenvalue weighted by Crippen LogP contribution is 2.27. The van der Waals surface area contributed by atoms with E-state index in [9.17, 15) is 0 Å². The van der Waals surface area contributed by atoms with Gasteiger partial charge >= 0.3 is 0 Å². The van der Waals surface area contributed by atoms with Crippen LogP contribution in [-0.4, -0.2) is 11.5 Å². The number of hydrogen-bond acceptors (Lipinski definition) is 1. The predicted molar refractivity (Wildman–Crippen MR) is 49.5 cm³/mol. The third-order valence-electron chi connectivity index (χ3n) is 1.49. The van der Waals surface area contributed by atoms with Crippen LogP contribution in [0.4, 0.5) is 0 Å². The molecular weight excluding hydrogens is 140 g/mol. The van der Waals surface area contributed by atoms with Gasteiger partial charge in [0.25, 0.3) is 0 Å². The van der Waals surface area contributed by atoms with E-state index in [1.807, 2.05) is 0 Å². The first-order valence-electron chi connectivity index (χ1n) is 3.86. The van der Waals surface area contributed by atoms with E-state index in [1.54, 1.807) is 5.57 Å². The van der Waals surface area contributed by atoms with Gasteiger partial charge in [-0.2, -0.15) is 11.8 Å². The minimum absolute atomic E-state index is 0.389. The van der Waals surface area contributed by atoms with Crippen molar-refractivity contribution < 1.29 is 0 Å². The summed E-state index contributed by atoms with van der Waals surface area (Å²) in [4.78, 5) is 0. The largest absolute Gasteiger partial charge is 0.157 e. The summed E-state index contributed by atoms with van der Waals surface area (Å²) < 4.78 is 0. The van der Waals surface area contributed by atoms with Gasteiger partial charge in [0.1, 0.15) is 0 Å². The average molecular weight is 156 g/mol. The number of allylic oxidation sites excluding steroid dienone is 1. The van der Waals surface area contributed by atoms with Gasteiger partial charge < -0.3 is 0 Å². The normalized spacial score (nSPS) is 24.1. The molecule has 0 aromatic carbocycles. The molecule has 0 radical (unpaired) electrons. The van der Waals surface area contributed by atoms with Crippen LogP contribution in [0.15, 0.2) is 11.6 Å². The highest BCUT2D eigenvalue weighted by molar-refractivity contribution is 7.99. The van der Waals surface area contributed by atoms with E-state index in [0.29, 0.717) is 5.41 Å². The summed E-state index contributed by atoms with van der Waals surface area (Å²) in [5.74, 6) is 2.61. The lowest BCUT2D eigenvalue weighted by atomic mass is 9.93. The summed E-state index contributed by atoms with van der Waals surface area (Å²) in [5, 5.41) is 0. The van der Waals surface area contributed by atoms with E-state index < -0.39 is 0 Å². The van der Waals surface area contributed by atoms with Gasteiger partial charge in [0.15, 0.2) is 0 Å². The molecule has 0 aromatic rings. The zero-order chi connectivity index (χ0) is 7.61. The quantitative estimate of drug-likeness (QED) is 0.486. The molecule has 0 N–H and O–H groups in total. The maximum atomic E-state index is 2.42. The summed E-state index contributed by atoms with van der Waals surface area (Å²) in [5.41, 5.74) is 2.04. The Hall–Kier alpha value is 0.0900. The number of hydrogen-bond donors (Lipinski definition) is 0. The van der Waals surface area contributed by atoms with E-state index in [1.165, 1.54) is 17.9 Å². The van der Waals surface area contributed by atoms with Crippen LogP contribution in [0, 0.1) is 5.41 Å². The van der Waals surface area contributed by atoms with Gasteiger partial charge in [-0.15, -0.1) is 0 Å². The van der Waals surface area contributed by atoms with E-state index in [2.05, 4.69) is 38.6 Å². The first kappa shape index (κ1) is 8.19. The molecular formula is C9H16S. The lowest BCUT2D eigenvalue weighted by molar-refractivity contribution is 0.539. The summed E-state index contributed by atoms with van der Waals surface area (Å²) >= 11 is 2.05. The molecule has 1 heterocycles. The van der Waals surface area contributed by atoms with Crippen LogP contribution in [0.3, 0.4) is 0 Å². The Bertz CT molecular complexity index is 131. The Kier molecular flexibility index (Phi) is 2.45. The number of thioether (sulfide) groups is 1. The first-order chi connectivity index (χ1) is 4.58. The topological polar surface area (TPSA) is 0 Å². The van der Waals surface area contributed by atoms with Crippen LogP contribution in [-0.2, 0) is 0 Å². The zero-order valence-electron chi connectivity index (χ0n) is 7.11. The van der Waals surface area contributed by atoms with Crippen LogP contribution in [0.2, 0.25) is 0 Å². The van der Waals surface area contributed by atoms with Crippen LogP contribution in [0.1, 0.15) is 27.2 Å². The van der Waals surface area contributed by atoms with E-state index in [-0.39, 0.29) is 0 Å². The van der Waals surface area contributed by atoms with Gasteiger partial charge in [-0.3, -0.25) is 0 Å². The van der Waals surface area contributed by atoms with Crippen molar-refractivity contribution in [2.45, 2.75) is 27.2 Å². The first-order valence-corrected chi connectivity index (χ1v) is 5.02. The van der Waals surface area contributed by atoms with Gasteiger partial charge in [-0.05, 0) is 17.6 Å². The molecule has 0 atom stereocenters. The molecule has 1 aliphatic rings. The van der Waals surface area contributed by atoms with Crippen molar-refractivity contribution in [2.75, 3.05) is 11.5 Å². The molecule has 1 fully saturated rings. The molecule has 0 aliphatic carbocycles. The lowest BCUT2D eigenvalue weighted by Crippen LogP contribution is -2.01. The van der Waals surface area contributed by atoms with Crippen molar-refractivity contribution in [1.82, 2.24) is 0 Å². The molecule has 1 heteroatoms. The monoisotopic (exact) mass is 156 g/mol. The second kappa shape index (κ2) is 3.00. The minimum Gasteiger partial charge on any atom is -0.157 e. The Labute approximate surface area is 68.1 Å². The van der Waals surface area contributed by atoms with Gasteiger partial charge in [-0.1, -0.05) is 32.4 Å². The second-order valence-electron chi connectivity index (χ2n) is 3.97. The van der Waals surface area contributed by atoms with Crippen LogP contribution in [0.5, 0.6) is 0 Å². The van der Waals surface area contributed by atoms with Gasteiger partial charge in [0.2, 0.25) is 0 Å². The molecule has 0 bridgehead atoms. The van der Waals surface area contributed by atoms with Crippen molar-refractivity contribution in [3.8, 4) is 0 Å². The fourth-order valence-electron chi connectivity index (χ4n) is 1.20. The minimum atomic E-state index is 0.389. The maximum absolute atomic E-state index is 2.42. The van der Waals surface area contributed by atoms with E-state index in [0.717, 1.165) is 0 Å². The highest BCUT2D eigenvalue weighted by Gasteiger charge is 2.11. The summed E-state index contributed by atoms with van der Waals surface area (Å²) in [7, 11) is 0. The molecule has 0 saturated carbocycles. The van der Waals surface area contributed by atoms with Crippen molar-refractivity contribution in [3.63, 3.8) is 0 Å². The Balaban J connectivity index is 2.53. The van der Waals surface area contributed by atoms with Gasteiger partial charge in [0, 0.05) is 5.75 Å². The van der Waals surface area contributed by atoms with Crippen LogP contribution >= 0.6 is 11.8 Å². The van der Waals surface area contributed by atoms with Crippen LogP contribution in [0.25, 0.3) is 0 Å². The molecule has 0 nitrogen and oxygen atoms in total. The fourth-order valence-corrected chi connectivity index (χ4v) is 2.25. The van der Waals surface area contributed by atoms with Crippen molar-refractivity contribution in [1.29, 1.82) is 0 Å². The summed E-state index contributed by atoms with van der Waals surface area (Å²) in [6, 6.07) is 0. The van der Waals surface area contributed by atoms with E-state index >= 15 is 0 Å². The van der Waals surface area contributed by atoms with Crippen molar-refractivity contribution in [2.24, 2.45) is 5.41 Å². The van der Waals surface area contributed by atoms with E-state index in [4.69, 9.17) is 0 Å². The molecule has 10 heavy (non-hydrogen) atoms. The second-order valence-corrected chi connectivity index (χ2v) is 5.08. The zero-order valence-corrected chi connectivity index (χ0v) is 7.92. The molecule has 0 unspecified atom stereocenters. The van der Waals surface area contributed by atoms with Gasteiger partial charge in [-0.25, -0.2) is 0 Å². The lowest BCUT2D eigenvalue weighted by Gasteiger charge is -2.13. The van der Waals surface area contributed by atoms with Gasteiger partial charge in [0.05, 0.1) is 0 Å². The smallest absolute Gasteiger partial charge is 0.0143 e. The fraction of sp³-hybridized carbons (Fsp3) is 0.778. The average Bonchev–Trinajstić information content (AvgIpc) is 2.12. The third kappa shape index (κ3) is 2.78. The maximum Gasteiger partial charge on any atom is 0.0143 e. The third-order valence-corrected chi connectivity index (χ3v) is 2.56. The van der Waals surface area contributed by atoms with Crippen LogP contribution < -0.4 is 0 Å². The Morgan fingerprint density at radius 3 is 2.50 bits per heavy atom. The summed E-state index contributed by atoms with van der Waals surface area (Å²) in [6.45, 7) is 6.80. The molecule has 1 saturated heterocycles. The SMILES string of the molecule is CC(C)(C)/C=C1\CCSC1. The summed E-state index contributed by atoms with van der Waals surface area (Å²) in [6.07, 6.45) is 3.74. The number of rotatable bonds is 0. The Morgan fingerprint density at radius 1 is 1.40 bits per heavy atom. The Morgan fingerprint density at radius 2 is 2.10 bits per heavy atom. The molecule has 58 valence electrons. The molecule has 0 amide bonds. The highest BCUT2D eigenvalue weighted by atomic mass is 32.2. The van der Waals surface area contributed by atoms with Crippen molar-refractivity contribution in [3.05, 3.63) is 11.6 Å². The molecule has 0 spiro atoms. The predicted octanol–water partition coefficient (Wildman–Crippen LogP) is 3.10. The standard InChI is InChI=1S/C9H16S/c1-9(2,3)6-8-4-5-10-7-8/h6H,4-5,7H2,1-3H3/b8-6+. The van der Waals surface area contributed by atoms with Crippen molar-refractivity contribution >= 4 is 11.8 Å².